The zero-order valence-corrected chi connectivity index (χ0v) is 16.0. The maximum absolute atomic E-state index is 12.6. The van der Waals surface area contributed by atoms with E-state index in [0.717, 1.165) is 16.0 Å². The third-order valence-corrected chi connectivity index (χ3v) is 5.23. The van der Waals surface area contributed by atoms with E-state index in [0.29, 0.717) is 24.7 Å². The molecule has 3 aromatic rings. The smallest absolute Gasteiger partial charge is 0.243 e. The van der Waals surface area contributed by atoms with Gasteiger partial charge in [0.15, 0.2) is 5.13 Å². The highest BCUT2D eigenvalue weighted by Crippen LogP contribution is 2.29. The summed E-state index contributed by atoms with van der Waals surface area (Å²) in [6, 6.07) is 13.8. The van der Waals surface area contributed by atoms with Gasteiger partial charge in [-0.2, -0.15) is 0 Å². The number of halogens is 1. The van der Waals surface area contributed by atoms with Crippen LogP contribution in [-0.2, 0) is 17.8 Å². The van der Waals surface area contributed by atoms with Crippen molar-refractivity contribution in [3.8, 4) is 5.75 Å². The summed E-state index contributed by atoms with van der Waals surface area (Å²) in [4.78, 5) is 17.1. The lowest BCUT2D eigenvalue weighted by Crippen LogP contribution is -2.44. The Bertz CT molecular complexity index is 928. The largest absolute Gasteiger partial charge is 0.494 e. The SMILES string of the molecule is CCOc1ccc2nc(NC(=O)C3Cc4ccccc4CN3)sc2c1.Cl. The summed E-state index contributed by atoms with van der Waals surface area (Å²) in [5.41, 5.74) is 3.35. The first-order valence-corrected chi connectivity index (χ1v) is 9.19. The lowest BCUT2D eigenvalue weighted by molar-refractivity contribution is -0.118. The van der Waals surface area contributed by atoms with Crippen LogP contribution in [0.4, 0.5) is 5.13 Å². The van der Waals surface area contributed by atoms with Crippen LogP contribution < -0.4 is 15.4 Å². The summed E-state index contributed by atoms with van der Waals surface area (Å²) in [5, 5.41) is 6.87. The molecule has 136 valence electrons. The van der Waals surface area contributed by atoms with E-state index in [1.807, 2.05) is 37.3 Å². The van der Waals surface area contributed by atoms with Gasteiger partial charge in [0, 0.05) is 6.54 Å². The minimum atomic E-state index is -0.235. The molecule has 1 atom stereocenters. The lowest BCUT2D eigenvalue weighted by Gasteiger charge is -2.24. The summed E-state index contributed by atoms with van der Waals surface area (Å²) in [7, 11) is 0. The monoisotopic (exact) mass is 389 g/mol. The summed E-state index contributed by atoms with van der Waals surface area (Å²) < 4.78 is 6.52. The van der Waals surface area contributed by atoms with Crippen LogP contribution in [0.2, 0.25) is 0 Å². The number of hydrogen-bond donors (Lipinski definition) is 2. The number of carbonyl (C=O) groups excluding carboxylic acids is 1. The van der Waals surface area contributed by atoms with Gasteiger partial charge >= 0.3 is 0 Å². The van der Waals surface area contributed by atoms with Crippen LogP contribution in [0.25, 0.3) is 10.2 Å². The number of fused-ring (bicyclic) bond motifs is 2. The number of ether oxygens (including phenoxy) is 1. The molecule has 2 aromatic carbocycles. The van der Waals surface area contributed by atoms with Crippen molar-refractivity contribution >= 4 is 45.0 Å². The van der Waals surface area contributed by atoms with E-state index in [2.05, 4.69) is 27.8 Å². The zero-order chi connectivity index (χ0) is 17.2. The molecule has 26 heavy (non-hydrogen) atoms. The quantitative estimate of drug-likeness (QED) is 0.713. The molecule has 0 fully saturated rings. The molecule has 7 heteroatoms. The van der Waals surface area contributed by atoms with Crippen LogP contribution in [0.3, 0.4) is 0 Å². The second-order valence-corrected chi connectivity index (χ2v) is 7.01. The van der Waals surface area contributed by atoms with Crippen LogP contribution in [-0.4, -0.2) is 23.5 Å². The van der Waals surface area contributed by atoms with Gasteiger partial charge in [0.1, 0.15) is 5.75 Å². The number of anilines is 1. The molecule has 1 aliphatic heterocycles. The zero-order valence-electron chi connectivity index (χ0n) is 14.3. The van der Waals surface area contributed by atoms with E-state index >= 15 is 0 Å². The molecule has 0 saturated carbocycles. The van der Waals surface area contributed by atoms with E-state index in [9.17, 15) is 4.79 Å². The van der Waals surface area contributed by atoms with E-state index < -0.39 is 0 Å². The van der Waals surface area contributed by atoms with Gasteiger partial charge in [-0.15, -0.1) is 12.4 Å². The molecule has 2 heterocycles. The normalized spacial score (nSPS) is 15.8. The fraction of sp³-hybridized carbons (Fsp3) is 0.263. The number of rotatable bonds is 4. The molecule has 5 nitrogen and oxygen atoms in total. The maximum atomic E-state index is 12.6. The summed E-state index contributed by atoms with van der Waals surface area (Å²) in [6.07, 6.45) is 0.696. The first-order valence-electron chi connectivity index (χ1n) is 8.37. The Morgan fingerprint density at radius 3 is 2.92 bits per heavy atom. The number of thiazole rings is 1. The Kier molecular flexibility index (Phi) is 5.76. The fourth-order valence-electron chi connectivity index (χ4n) is 3.05. The van der Waals surface area contributed by atoms with Gasteiger partial charge in [0.05, 0.1) is 22.9 Å². The van der Waals surface area contributed by atoms with E-state index in [1.54, 1.807) is 0 Å². The van der Waals surface area contributed by atoms with E-state index in [1.165, 1.54) is 22.5 Å². The van der Waals surface area contributed by atoms with Crippen molar-refractivity contribution in [2.45, 2.75) is 25.9 Å². The van der Waals surface area contributed by atoms with Crippen LogP contribution in [0.1, 0.15) is 18.1 Å². The number of hydrogen-bond acceptors (Lipinski definition) is 5. The van der Waals surface area contributed by atoms with Gasteiger partial charge in [-0.3, -0.25) is 4.79 Å². The Morgan fingerprint density at radius 2 is 2.12 bits per heavy atom. The number of nitrogens with one attached hydrogen (secondary N) is 2. The summed E-state index contributed by atoms with van der Waals surface area (Å²) >= 11 is 1.46. The Morgan fingerprint density at radius 1 is 1.31 bits per heavy atom. The van der Waals surface area contributed by atoms with Gasteiger partial charge in [0.25, 0.3) is 0 Å². The third-order valence-electron chi connectivity index (χ3n) is 4.30. The fourth-order valence-corrected chi connectivity index (χ4v) is 3.94. The molecule has 1 aromatic heterocycles. The first kappa shape index (κ1) is 18.6. The average molecular weight is 390 g/mol. The first-order chi connectivity index (χ1) is 12.2. The highest BCUT2D eigenvalue weighted by Gasteiger charge is 2.24. The minimum absolute atomic E-state index is 0. The van der Waals surface area contributed by atoms with Gasteiger partial charge in [-0.1, -0.05) is 35.6 Å². The Hall–Kier alpha value is -2.15. The molecule has 1 aliphatic rings. The molecule has 0 aliphatic carbocycles. The number of nitrogens with zero attached hydrogens (tertiary/aromatic N) is 1. The highest BCUT2D eigenvalue weighted by atomic mass is 35.5. The molecular weight excluding hydrogens is 370 g/mol. The topological polar surface area (TPSA) is 63.2 Å². The molecule has 4 rings (SSSR count). The second-order valence-electron chi connectivity index (χ2n) is 5.98. The molecule has 1 amide bonds. The molecule has 1 unspecified atom stereocenters. The molecule has 0 bridgehead atoms. The van der Waals surface area contributed by atoms with Gasteiger partial charge in [-0.05, 0) is 42.7 Å². The molecule has 0 saturated heterocycles. The van der Waals surface area contributed by atoms with Crippen molar-refractivity contribution in [2.24, 2.45) is 0 Å². The lowest BCUT2D eigenvalue weighted by atomic mass is 9.95. The molecular formula is C19H20ClN3O2S. The van der Waals surface area contributed by atoms with E-state index in [-0.39, 0.29) is 24.4 Å². The van der Waals surface area contributed by atoms with Crippen molar-refractivity contribution in [3.63, 3.8) is 0 Å². The average Bonchev–Trinajstić information content (AvgIpc) is 3.03. The third kappa shape index (κ3) is 3.82. The Labute approximate surface area is 162 Å². The summed E-state index contributed by atoms with van der Waals surface area (Å²) in [6.45, 7) is 3.30. The molecule has 0 spiro atoms. The van der Waals surface area contributed by atoms with Crippen molar-refractivity contribution in [3.05, 3.63) is 53.6 Å². The maximum Gasteiger partial charge on any atom is 0.243 e. The number of benzene rings is 2. The van der Waals surface area contributed by atoms with Crippen molar-refractivity contribution in [2.75, 3.05) is 11.9 Å². The second kappa shape index (κ2) is 8.03. The van der Waals surface area contributed by atoms with Crippen LogP contribution in [0.15, 0.2) is 42.5 Å². The minimum Gasteiger partial charge on any atom is -0.494 e. The van der Waals surface area contributed by atoms with Crippen molar-refractivity contribution in [1.29, 1.82) is 0 Å². The van der Waals surface area contributed by atoms with Crippen LogP contribution in [0.5, 0.6) is 5.75 Å². The van der Waals surface area contributed by atoms with E-state index in [4.69, 9.17) is 4.74 Å². The highest BCUT2D eigenvalue weighted by molar-refractivity contribution is 7.22. The number of aromatic nitrogens is 1. The number of carbonyl (C=O) groups is 1. The standard InChI is InChI=1S/C19H19N3O2S.ClH/c1-2-24-14-7-8-15-17(10-14)25-19(21-15)22-18(23)16-9-12-5-3-4-6-13(12)11-20-16;/h3-8,10,16,20H,2,9,11H2,1H3,(H,21,22,23);1H. The predicted octanol–water partition coefficient (Wildman–Crippen LogP) is 3.77. The molecule has 2 N–H and O–H groups in total. The van der Waals surface area contributed by atoms with Gasteiger partial charge in [0.2, 0.25) is 5.91 Å². The molecule has 0 radical (unpaired) electrons. The van der Waals surface area contributed by atoms with Crippen molar-refractivity contribution in [1.82, 2.24) is 10.3 Å². The van der Waals surface area contributed by atoms with Crippen LogP contribution in [0, 0.1) is 0 Å². The van der Waals surface area contributed by atoms with Gasteiger partial charge < -0.3 is 15.4 Å². The Balaban J connectivity index is 0.00000196. The van der Waals surface area contributed by atoms with Crippen molar-refractivity contribution < 1.29 is 9.53 Å². The van der Waals surface area contributed by atoms with Crippen LogP contribution >= 0.6 is 23.7 Å². The number of amides is 1. The summed E-state index contributed by atoms with van der Waals surface area (Å²) in [5.74, 6) is 0.778. The van der Waals surface area contributed by atoms with Gasteiger partial charge in [-0.25, -0.2) is 4.98 Å². The predicted molar refractivity (Wildman–Crippen MR) is 107 cm³/mol.